The lowest BCUT2D eigenvalue weighted by Crippen LogP contribution is -2.55. The molecule has 0 bridgehead atoms. The van der Waals surface area contributed by atoms with Crippen LogP contribution in [-0.4, -0.2) is 49.1 Å². The summed E-state index contributed by atoms with van der Waals surface area (Å²) in [4.78, 5) is 12.5. The molecule has 6 heteroatoms. The van der Waals surface area contributed by atoms with Crippen LogP contribution >= 0.6 is 11.6 Å². The topological polar surface area (TPSA) is 50.7 Å². The van der Waals surface area contributed by atoms with Crippen molar-refractivity contribution in [1.82, 2.24) is 0 Å². The Bertz CT molecular complexity index is 830. The zero-order valence-corrected chi connectivity index (χ0v) is 14.5. The summed E-state index contributed by atoms with van der Waals surface area (Å²) in [6.07, 6.45) is 0. The Morgan fingerprint density at radius 1 is 1.08 bits per heavy atom. The van der Waals surface area contributed by atoms with Gasteiger partial charge in [-0.05, 0) is 18.2 Å². The van der Waals surface area contributed by atoms with Gasteiger partial charge in [-0.15, -0.1) is 0 Å². The molecule has 0 saturated carbocycles. The molecule has 2 heterocycles. The summed E-state index contributed by atoms with van der Waals surface area (Å²) in [6.45, 7) is 2.86. The largest absolute Gasteiger partial charge is 0.370 e. The van der Waals surface area contributed by atoms with Crippen molar-refractivity contribution in [3.05, 3.63) is 64.7 Å². The predicted octanol–water partition coefficient (Wildman–Crippen LogP) is 2.89. The number of halogens is 1. The van der Waals surface area contributed by atoms with Crippen LogP contribution in [0.1, 0.15) is 11.1 Å². The van der Waals surface area contributed by atoms with Crippen LogP contribution in [0.2, 0.25) is 5.02 Å². The molecule has 2 aromatic carbocycles. The van der Waals surface area contributed by atoms with Gasteiger partial charge in [-0.25, -0.2) is 0 Å². The Labute approximate surface area is 151 Å². The summed E-state index contributed by atoms with van der Waals surface area (Å²) in [7, 11) is 0. The molecule has 0 aromatic heterocycles. The number of amides is 1. The lowest BCUT2D eigenvalue weighted by Gasteiger charge is -2.36. The van der Waals surface area contributed by atoms with Gasteiger partial charge in [0.2, 0.25) is 0 Å². The highest BCUT2D eigenvalue weighted by atomic mass is 35.5. The summed E-state index contributed by atoms with van der Waals surface area (Å²) in [5.74, 6) is -0.0404. The van der Waals surface area contributed by atoms with E-state index in [0.717, 1.165) is 22.5 Å². The van der Waals surface area contributed by atoms with Crippen molar-refractivity contribution in [2.24, 2.45) is 5.10 Å². The first-order valence-corrected chi connectivity index (χ1v) is 8.72. The van der Waals surface area contributed by atoms with Crippen LogP contribution in [-0.2, 0) is 9.53 Å². The first-order valence-electron chi connectivity index (χ1n) is 8.35. The van der Waals surface area contributed by atoms with E-state index in [1.807, 2.05) is 42.5 Å². The smallest absolute Gasteiger partial charge is 0.282 e. The van der Waals surface area contributed by atoms with Crippen molar-refractivity contribution >= 4 is 28.9 Å². The molecule has 4 rings (SSSR count). The Hall–Kier alpha value is -2.21. The van der Waals surface area contributed by atoms with Crippen molar-refractivity contribution in [3.63, 3.8) is 0 Å². The minimum atomic E-state index is -0.0404. The van der Waals surface area contributed by atoms with E-state index in [1.165, 1.54) is 0 Å². The minimum absolute atomic E-state index is 0.0404. The third-order valence-corrected chi connectivity index (χ3v) is 4.85. The van der Waals surface area contributed by atoms with Crippen molar-refractivity contribution in [3.8, 4) is 0 Å². The molecule has 1 spiro atoms. The van der Waals surface area contributed by atoms with Gasteiger partial charge >= 0.3 is 0 Å². The number of morpholine rings is 1. The standard InChI is InChI=1S/C19H18ClN3O2/c20-15-6-7-17-16(12-15)19(14-4-2-1-3-5-14)22-23(13-18(24)21-17)8-10-25-11-9-23/h1-7,12H,8-11,13H2/p+1. The average molecular weight is 357 g/mol. The second-order valence-electron chi connectivity index (χ2n) is 6.37. The number of nitrogens with one attached hydrogen (secondary N) is 1. The molecule has 25 heavy (non-hydrogen) atoms. The molecule has 0 aliphatic carbocycles. The van der Waals surface area contributed by atoms with Crippen molar-refractivity contribution in [2.45, 2.75) is 0 Å². The molecule has 1 fully saturated rings. The third kappa shape index (κ3) is 3.31. The highest BCUT2D eigenvalue weighted by molar-refractivity contribution is 6.31. The number of nitrogens with zero attached hydrogens (tertiary/aromatic N) is 2. The van der Waals surface area contributed by atoms with E-state index in [0.29, 0.717) is 42.5 Å². The van der Waals surface area contributed by atoms with Crippen LogP contribution in [0.25, 0.3) is 0 Å². The number of ether oxygens (including phenoxy) is 1. The van der Waals surface area contributed by atoms with Gasteiger partial charge < -0.3 is 10.1 Å². The van der Waals surface area contributed by atoms with Crippen molar-refractivity contribution < 1.29 is 14.1 Å². The zero-order valence-electron chi connectivity index (χ0n) is 13.7. The normalized spacial score (nSPS) is 21.5. The number of carbonyl (C=O) groups excluding carboxylic acids is 1. The monoisotopic (exact) mass is 356 g/mol. The zero-order chi connectivity index (χ0) is 17.3. The first kappa shape index (κ1) is 16.3. The maximum absolute atomic E-state index is 12.5. The maximum Gasteiger partial charge on any atom is 0.282 e. The van der Waals surface area contributed by atoms with E-state index in [2.05, 4.69) is 5.32 Å². The first-order chi connectivity index (χ1) is 12.2. The molecule has 2 aromatic rings. The summed E-state index contributed by atoms with van der Waals surface area (Å²) in [6, 6.07) is 15.5. The molecule has 0 radical (unpaired) electrons. The molecule has 0 unspecified atom stereocenters. The molecule has 5 nitrogen and oxygen atoms in total. The Morgan fingerprint density at radius 2 is 1.84 bits per heavy atom. The fourth-order valence-corrected chi connectivity index (χ4v) is 3.50. The van der Waals surface area contributed by atoms with Crippen molar-refractivity contribution in [1.29, 1.82) is 0 Å². The average Bonchev–Trinajstić information content (AvgIpc) is 2.62. The third-order valence-electron chi connectivity index (χ3n) is 4.61. The number of anilines is 1. The molecule has 0 atom stereocenters. The molecule has 2 aliphatic heterocycles. The van der Waals surface area contributed by atoms with Gasteiger partial charge in [-0.3, -0.25) is 4.79 Å². The lowest BCUT2D eigenvalue weighted by molar-refractivity contribution is -0.934. The van der Waals surface area contributed by atoms with Gasteiger partial charge in [-0.2, -0.15) is 4.59 Å². The van der Waals surface area contributed by atoms with E-state index < -0.39 is 0 Å². The quantitative estimate of drug-likeness (QED) is 0.799. The summed E-state index contributed by atoms with van der Waals surface area (Å²) >= 11 is 6.24. The molecular formula is C19H19ClN3O2+. The molecule has 1 N–H and O–H groups in total. The van der Waals surface area contributed by atoms with Crippen LogP contribution in [0.4, 0.5) is 5.69 Å². The highest BCUT2D eigenvalue weighted by Gasteiger charge is 2.37. The van der Waals surface area contributed by atoms with Gasteiger partial charge in [0.25, 0.3) is 5.91 Å². The Kier molecular flexibility index (Phi) is 4.29. The van der Waals surface area contributed by atoms with Crippen LogP contribution in [0, 0.1) is 0 Å². The van der Waals surface area contributed by atoms with Crippen LogP contribution < -0.4 is 5.32 Å². The molecule has 1 amide bonds. The number of fused-ring (bicyclic) bond motifs is 1. The van der Waals surface area contributed by atoms with E-state index >= 15 is 0 Å². The molecule has 1 saturated heterocycles. The van der Waals surface area contributed by atoms with Gasteiger partial charge in [0.05, 0.1) is 18.9 Å². The lowest BCUT2D eigenvalue weighted by atomic mass is 10.00. The fraction of sp³-hybridized carbons (Fsp3) is 0.263. The van der Waals surface area contributed by atoms with Crippen LogP contribution in [0.15, 0.2) is 53.6 Å². The fourth-order valence-electron chi connectivity index (χ4n) is 3.33. The number of rotatable bonds is 1. The van der Waals surface area contributed by atoms with Crippen LogP contribution in [0.5, 0.6) is 0 Å². The van der Waals surface area contributed by atoms with Gasteiger partial charge in [0, 0.05) is 16.1 Å². The Morgan fingerprint density at radius 3 is 2.60 bits per heavy atom. The predicted molar refractivity (Wildman–Crippen MR) is 97.8 cm³/mol. The van der Waals surface area contributed by atoms with E-state index in [-0.39, 0.29) is 5.91 Å². The minimum Gasteiger partial charge on any atom is -0.370 e. The summed E-state index contributed by atoms with van der Waals surface area (Å²) in [5.41, 5.74) is 3.44. The second-order valence-corrected chi connectivity index (χ2v) is 6.80. The van der Waals surface area contributed by atoms with Crippen LogP contribution in [0.3, 0.4) is 0 Å². The Balaban J connectivity index is 1.94. The number of hydrogen-bond acceptors (Lipinski definition) is 3. The van der Waals surface area contributed by atoms with E-state index in [1.54, 1.807) is 6.07 Å². The summed E-state index contributed by atoms with van der Waals surface area (Å²) < 4.78 is 5.85. The number of quaternary nitrogens is 1. The molecule has 128 valence electrons. The van der Waals surface area contributed by atoms with Gasteiger partial charge in [-0.1, -0.05) is 47.0 Å². The van der Waals surface area contributed by atoms with Gasteiger partial charge in [0.1, 0.15) is 18.8 Å². The number of benzene rings is 2. The summed E-state index contributed by atoms with van der Waals surface area (Å²) in [5, 5.41) is 8.73. The van der Waals surface area contributed by atoms with E-state index in [9.17, 15) is 4.79 Å². The van der Waals surface area contributed by atoms with Gasteiger partial charge in [0.15, 0.2) is 6.54 Å². The maximum atomic E-state index is 12.5. The highest BCUT2D eigenvalue weighted by Crippen LogP contribution is 2.28. The second kappa shape index (κ2) is 6.59. The number of carbonyl (C=O) groups is 1. The van der Waals surface area contributed by atoms with Crippen molar-refractivity contribution in [2.75, 3.05) is 38.2 Å². The molecular weight excluding hydrogens is 338 g/mol. The van der Waals surface area contributed by atoms with E-state index in [4.69, 9.17) is 21.4 Å². The SMILES string of the molecule is O=C1C[N+]2(CCOCC2)/N=C(/c2ccccc2)c2cc(Cl)ccc2N1. The molecule has 2 aliphatic rings. The number of hydrogen-bond donors (Lipinski definition) is 1.